The lowest BCUT2D eigenvalue weighted by Crippen LogP contribution is -2.41. The molecule has 9 heteroatoms. The smallest absolute Gasteiger partial charge is 0.322 e. The Bertz CT molecular complexity index is 606. The molecular weight excluding hydrogens is 279 g/mol. The zero-order chi connectivity index (χ0) is 14.2. The van der Waals surface area contributed by atoms with Crippen LogP contribution in [0, 0.1) is 5.82 Å². The molecule has 0 saturated carbocycles. The molecule has 1 aliphatic heterocycles. The van der Waals surface area contributed by atoms with E-state index in [1.54, 1.807) is 0 Å². The van der Waals surface area contributed by atoms with Gasteiger partial charge in [-0.2, -0.15) is 4.31 Å². The van der Waals surface area contributed by atoms with E-state index in [4.69, 9.17) is 5.11 Å². The van der Waals surface area contributed by atoms with Crippen LogP contribution < -0.4 is 0 Å². The van der Waals surface area contributed by atoms with Crippen molar-refractivity contribution in [2.24, 2.45) is 0 Å². The monoisotopic (exact) mass is 290 g/mol. The molecule has 0 amide bonds. The number of pyridine rings is 1. The SMILES string of the molecule is O=C(O)[C@H]1C[C@@H](O)CN1S(=O)(=O)c1ncccc1F. The number of carboxylic acid groups (broad SMARTS) is 1. The van der Waals surface area contributed by atoms with Gasteiger partial charge in [-0.1, -0.05) is 0 Å². The number of aliphatic carboxylic acids is 1. The van der Waals surface area contributed by atoms with E-state index < -0.39 is 45.5 Å². The van der Waals surface area contributed by atoms with Gasteiger partial charge in [0.1, 0.15) is 6.04 Å². The molecular formula is C10H11FN2O5S. The number of hydrogen-bond donors (Lipinski definition) is 2. The van der Waals surface area contributed by atoms with E-state index in [0.29, 0.717) is 4.31 Å². The van der Waals surface area contributed by atoms with E-state index in [-0.39, 0.29) is 6.42 Å². The number of nitrogens with zero attached hydrogens (tertiary/aromatic N) is 2. The number of carbonyl (C=O) groups is 1. The molecule has 1 aromatic rings. The number of β-amino-alcohol motifs (C(OH)–C–C–N with tert-alkyl or cyclic N) is 1. The highest BCUT2D eigenvalue weighted by atomic mass is 32.2. The first-order valence-electron chi connectivity index (χ1n) is 5.37. The van der Waals surface area contributed by atoms with E-state index in [1.165, 1.54) is 6.07 Å². The number of hydrogen-bond acceptors (Lipinski definition) is 5. The van der Waals surface area contributed by atoms with Crippen LogP contribution in [-0.4, -0.2) is 52.6 Å². The van der Waals surface area contributed by atoms with Crippen LogP contribution in [0.2, 0.25) is 0 Å². The zero-order valence-corrected chi connectivity index (χ0v) is 10.4. The molecule has 0 aliphatic carbocycles. The summed E-state index contributed by atoms with van der Waals surface area (Å²) in [6.07, 6.45) is -0.232. The van der Waals surface area contributed by atoms with E-state index in [2.05, 4.69) is 4.98 Å². The van der Waals surface area contributed by atoms with Crippen molar-refractivity contribution in [2.45, 2.75) is 23.6 Å². The molecule has 19 heavy (non-hydrogen) atoms. The highest BCUT2D eigenvalue weighted by Crippen LogP contribution is 2.26. The average molecular weight is 290 g/mol. The van der Waals surface area contributed by atoms with Crippen molar-refractivity contribution in [2.75, 3.05) is 6.54 Å². The number of aliphatic hydroxyl groups is 1. The summed E-state index contributed by atoms with van der Waals surface area (Å²) in [5, 5.41) is 17.5. The van der Waals surface area contributed by atoms with Crippen molar-refractivity contribution in [1.29, 1.82) is 0 Å². The molecule has 0 spiro atoms. The Kier molecular flexibility index (Phi) is 3.52. The molecule has 2 atom stereocenters. The Morgan fingerprint density at radius 2 is 2.21 bits per heavy atom. The summed E-state index contributed by atoms with van der Waals surface area (Å²) in [5.41, 5.74) is 0. The summed E-state index contributed by atoms with van der Waals surface area (Å²) >= 11 is 0. The Hall–Kier alpha value is -1.58. The van der Waals surface area contributed by atoms with Crippen LogP contribution in [0.15, 0.2) is 23.4 Å². The molecule has 1 aliphatic rings. The summed E-state index contributed by atoms with van der Waals surface area (Å²) in [4.78, 5) is 14.4. The molecule has 1 saturated heterocycles. The number of rotatable bonds is 3. The second-order valence-electron chi connectivity index (χ2n) is 4.11. The van der Waals surface area contributed by atoms with Crippen molar-refractivity contribution < 1.29 is 27.8 Å². The predicted octanol–water partition coefficient (Wildman–Crippen LogP) is -0.571. The lowest BCUT2D eigenvalue weighted by molar-refractivity contribution is -0.140. The summed E-state index contributed by atoms with van der Waals surface area (Å²) in [6, 6.07) is 0.728. The summed E-state index contributed by atoms with van der Waals surface area (Å²) in [5.74, 6) is -2.45. The molecule has 104 valence electrons. The van der Waals surface area contributed by atoms with Gasteiger partial charge in [-0.3, -0.25) is 4.79 Å². The molecule has 2 heterocycles. The van der Waals surface area contributed by atoms with Gasteiger partial charge in [0.05, 0.1) is 6.10 Å². The Labute approximate surface area is 108 Å². The van der Waals surface area contributed by atoms with Gasteiger partial charge in [0.25, 0.3) is 10.0 Å². The number of aromatic nitrogens is 1. The highest BCUT2D eigenvalue weighted by molar-refractivity contribution is 7.89. The lowest BCUT2D eigenvalue weighted by atomic mass is 10.2. The van der Waals surface area contributed by atoms with Gasteiger partial charge in [-0.15, -0.1) is 0 Å². The minimum absolute atomic E-state index is 0.233. The van der Waals surface area contributed by atoms with Crippen LogP contribution >= 0.6 is 0 Å². The first kappa shape index (κ1) is 13.8. The fourth-order valence-corrected chi connectivity index (χ4v) is 3.56. The number of aliphatic hydroxyl groups excluding tert-OH is 1. The molecule has 1 aromatic heterocycles. The predicted molar refractivity (Wildman–Crippen MR) is 60.1 cm³/mol. The van der Waals surface area contributed by atoms with Crippen LogP contribution in [0.3, 0.4) is 0 Å². The molecule has 2 rings (SSSR count). The maximum Gasteiger partial charge on any atom is 0.322 e. The Morgan fingerprint density at radius 1 is 1.53 bits per heavy atom. The summed E-state index contributed by atoms with van der Waals surface area (Å²) in [6.45, 7) is -0.394. The maximum absolute atomic E-state index is 13.5. The third kappa shape index (κ3) is 2.44. The van der Waals surface area contributed by atoms with E-state index >= 15 is 0 Å². The molecule has 7 nitrogen and oxygen atoms in total. The second-order valence-corrected chi connectivity index (χ2v) is 5.91. The normalized spacial score (nSPS) is 24.5. The largest absolute Gasteiger partial charge is 0.480 e. The average Bonchev–Trinajstić information content (AvgIpc) is 2.72. The molecule has 0 unspecified atom stereocenters. The Balaban J connectivity index is 2.45. The summed E-state index contributed by atoms with van der Waals surface area (Å²) in [7, 11) is -4.39. The second kappa shape index (κ2) is 4.83. The molecule has 0 radical (unpaired) electrons. The summed E-state index contributed by atoms with van der Waals surface area (Å²) < 4.78 is 38.4. The number of carboxylic acids is 1. The third-order valence-corrected chi connectivity index (χ3v) is 4.61. The molecule has 0 bridgehead atoms. The quantitative estimate of drug-likeness (QED) is 0.772. The van der Waals surface area contributed by atoms with Gasteiger partial charge in [0, 0.05) is 19.2 Å². The standard InChI is InChI=1S/C10H11FN2O5S/c11-7-2-1-3-12-9(7)19(17,18)13-5-6(14)4-8(13)10(15)16/h1-3,6,8,14H,4-5H2,(H,15,16)/t6-,8-/m1/s1. The highest BCUT2D eigenvalue weighted by Gasteiger charge is 2.44. The van der Waals surface area contributed by atoms with Gasteiger partial charge in [-0.05, 0) is 12.1 Å². The number of sulfonamides is 1. The fraction of sp³-hybridized carbons (Fsp3) is 0.400. The number of halogens is 1. The van der Waals surface area contributed by atoms with Gasteiger partial charge in [-0.25, -0.2) is 17.8 Å². The van der Waals surface area contributed by atoms with Crippen molar-refractivity contribution >= 4 is 16.0 Å². The lowest BCUT2D eigenvalue weighted by Gasteiger charge is -2.20. The topological polar surface area (TPSA) is 108 Å². The minimum atomic E-state index is -4.39. The third-order valence-electron chi connectivity index (χ3n) is 2.80. The first-order chi connectivity index (χ1) is 8.84. The van der Waals surface area contributed by atoms with Gasteiger partial charge in [0.2, 0.25) is 5.03 Å². The molecule has 0 aromatic carbocycles. The molecule has 2 N–H and O–H groups in total. The van der Waals surface area contributed by atoms with E-state index in [9.17, 15) is 22.7 Å². The zero-order valence-electron chi connectivity index (χ0n) is 9.60. The van der Waals surface area contributed by atoms with Gasteiger partial charge >= 0.3 is 5.97 Å². The van der Waals surface area contributed by atoms with E-state index in [1.807, 2.05) is 0 Å². The van der Waals surface area contributed by atoms with Crippen LogP contribution in [-0.2, 0) is 14.8 Å². The van der Waals surface area contributed by atoms with Crippen molar-refractivity contribution in [3.63, 3.8) is 0 Å². The fourth-order valence-electron chi connectivity index (χ4n) is 1.95. The minimum Gasteiger partial charge on any atom is -0.480 e. The van der Waals surface area contributed by atoms with Gasteiger partial charge in [0.15, 0.2) is 5.82 Å². The Morgan fingerprint density at radius 3 is 2.79 bits per heavy atom. The van der Waals surface area contributed by atoms with Crippen LogP contribution in [0.4, 0.5) is 4.39 Å². The van der Waals surface area contributed by atoms with E-state index in [0.717, 1.165) is 12.3 Å². The van der Waals surface area contributed by atoms with Crippen molar-refractivity contribution in [3.8, 4) is 0 Å². The van der Waals surface area contributed by atoms with Crippen molar-refractivity contribution in [3.05, 3.63) is 24.1 Å². The maximum atomic E-state index is 13.5. The van der Waals surface area contributed by atoms with Crippen LogP contribution in [0.25, 0.3) is 0 Å². The van der Waals surface area contributed by atoms with Crippen molar-refractivity contribution in [1.82, 2.24) is 9.29 Å². The van der Waals surface area contributed by atoms with Gasteiger partial charge < -0.3 is 10.2 Å². The first-order valence-corrected chi connectivity index (χ1v) is 6.81. The molecule has 1 fully saturated rings. The van der Waals surface area contributed by atoms with Crippen LogP contribution in [0.5, 0.6) is 0 Å². The van der Waals surface area contributed by atoms with Crippen LogP contribution in [0.1, 0.15) is 6.42 Å².